The number of rotatable bonds is 3. The number of hydrogen-bond acceptors (Lipinski definition) is 7. The Hall–Kier alpha value is -3.46. The maximum atomic E-state index is 13.4. The van der Waals surface area contributed by atoms with Crippen molar-refractivity contribution in [1.82, 2.24) is 14.3 Å². The van der Waals surface area contributed by atoms with Gasteiger partial charge in [0.25, 0.3) is 0 Å². The van der Waals surface area contributed by atoms with Crippen LogP contribution >= 0.6 is 11.3 Å². The molecule has 3 heterocycles. The molecule has 3 aromatic heterocycles. The highest BCUT2D eigenvalue weighted by molar-refractivity contribution is 7.17. The van der Waals surface area contributed by atoms with E-state index in [4.69, 9.17) is 9.47 Å². The first-order valence-corrected chi connectivity index (χ1v) is 12.3. The number of carbonyl (C=O) groups is 3. The maximum Gasteiger partial charge on any atom is 0.435 e. The van der Waals surface area contributed by atoms with Crippen LogP contribution in [0.1, 0.15) is 65.2 Å². The molecule has 8 nitrogen and oxygen atoms in total. The van der Waals surface area contributed by atoms with Gasteiger partial charge < -0.3 is 9.47 Å². The van der Waals surface area contributed by atoms with Gasteiger partial charge in [-0.05, 0) is 77.3 Å². The number of aromatic nitrogens is 3. The smallest absolute Gasteiger partial charge is 0.435 e. The highest BCUT2D eigenvalue weighted by Gasteiger charge is 2.28. The van der Waals surface area contributed by atoms with Gasteiger partial charge in [0.1, 0.15) is 16.9 Å². The number of fused-ring (bicyclic) bond motifs is 2. The Morgan fingerprint density at radius 1 is 0.914 bits per heavy atom. The summed E-state index contributed by atoms with van der Waals surface area (Å²) in [6.07, 6.45) is -0.808. The average molecular weight is 496 g/mol. The van der Waals surface area contributed by atoms with Gasteiger partial charge in [0.2, 0.25) is 0 Å². The Labute approximate surface area is 207 Å². The zero-order chi connectivity index (χ0) is 25.7. The molecule has 0 radical (unpaired) electrons. The second-order valence-corrected chi connectivity index (χ2v) is 11.2. The molecule has 0 spiro atoms. The van der Waals surface area contributed by atoms with Crippen molar-refractivity contribution in [2.45, 2.75) is 66.1 Å². The molecule has 0 aliphatic heterocycles. The first-order valence-electron chi connectivity index (χ1n) is 11.4. The summed E-state index contributed by atoms with van der Waals surface area (Å²) in [5.41, 5.74) is 1.22. The lowest BCUT2D eigenvalue weighted by atomic mass is 10.1. The van der Waals surface area contributed by atoms with E-state index < -0.39 is 23.4 Å². The molecule has 0 atom stereocenters. The average Bonchev–Trinajstić information content (AvgIpc) is 3.42. The van der Waals surface area contributed by atoms with E-state index in [1.165, 1.54) is 20.6 Å². The normalized spacial score (nSPS) is 12.3. The number of carbonyl (C=O) groups excluding carboxylic acids is 3. The Bertz CT molecular complexity index is 1460. The van der Waals surface area contributed by atoms with E-state index in [2.05, 4.69) is 5.10 Å². The van der Waals surface area contributed by atoms with Crippen LogP contribution in [-0.4, -0.2) is 43.5 Å². The highest BCUT2D eigenvalue weighted by Crippen LogP contribution is 2.36. The number of thiophene rings is 1. The van der Waals surface area contributed by atoms with Gasteiger partial charge in [0.05, 0.1) is 21.4 Å². The van der Waals surface area contributed by atoms with E-state index in [1.807, 2.05) is 5.38 Å². The minimum atomic E-state index is -0.725. The molecule has 0 aliphatic carbocycles. The van der Waals surface area contributed by atoms with Crippen molar-refractivity contribution >= 4 is 50.4 Å². The van der Waals surface area contributed by atoms with E-state index in [9.17, 15) is 14.4 Å². The van der Waals surface area contributed by atoms with Crippen LogP contribution in [0.15, 0.2) is 35.7 Å². The molecule has 4 rings (SSSR count). The number of benzene rings is 1. The molecule has 35 heavy (non-hydrogen) atoms. The van der Waals surface area contributed by atoms with E-state index >= 15 is 0 Å². The van der Waals surface area contributed by atoms with Gasteiger partial charge in [0.15, 0.2) is 5.78 Å². The molecule has 9 heteroatoms. The molecule has 0 bridgehead atoms. The molecular formula is C26H29N3O5S. The van der Waals surface area contributed by atoms with Crippen LogP contribution in [0.5, 0.6) is 0 Å². The maximum absolute atomic E-state index is 13.4. The Morgan fingerprint density at radius 2 is 1.57 bits per heavy atom. The van der Waals surface area contributed by atoms with Gasteiger partial charge in [0, 0.05) is 17.4 Å². The Kier molecular flexibility index (Phi) is 6.09. The van der Waals surface area contributed by atoms with Crippen LogP contribution in [-0.2, 0) is 9.47 Å². The quantitative estimate of drug-likeness (QED) is 0.288. The fourth-order valence-electron chi connectivity index (χ4n) is 3.73. The van der Waals surface area contributed by atoms with Crippen LogP contribution in [0, 0.1) is 0 Å². The lowest BCUT2D eigenvalue weighted by Crippen LogP contribution is -2.28. The number of Topliss-reactive ketones (excluding diaryl/α,β-unsaturated/α-hetero) is 1. The molecule has 0 fully saturated rings. The molecule has 0 amide bonds. The first kappa shape index (κ1) is 24.7. The van der Waals surface area contributed by atoms with Crippen LogP contribution < -0.4 is 0 Å². The second-order valence-electron chi connectivity index (χ2n) is 10.3. The number of ether oxygens (including phenoxy) is 2. The fraction of sp³-hybridized carbons (Fsp3) is 0.385. The van der Waals surface area contributed by atoms with Crippen LogP contribution in [0.2, 0.25) is 0 Å². The summed E-state index contributed by atoms with van der Waals surface area (Å²) in [5, 5.41) is 7.12. The Balaban J connectivity index is 1.95. The summed E-state index contributed by atoms with van der Waals surface area (Å²) < 4.78 is 14.6. The minimum Gasteiger partial charge on any atom is -0.443 e. The summed E-state index contributed by atoms with van der Waals surface area (Å²) in [4.78, 5) is 38.6. The van der Waals surface area contributed by atoms with Crippen molar-refractivity contribution in [2.24, 2.45) is 0 Å². The van der Waals surface area contributed by atoms with E-state index in [-0.39, 0.29) is 5.78 Å². The zero-order valence-corrected chi connectivity index (χ0v) is 21.8. The SMILES string of the molecule is CCC(=O)c1ccc2c(c1)cc(-c1nn(C(=O)OC(C)(C)C)c3ccsc13)n2C(=O)OC(C)(C)C. The summed E-state index contributed by atoms with van der Waals surface area (Å²) in [6, 6.07) is 8.80. The van der Waals surface area contributed by atoms with Gasteiger partial charge >= 0.3 is 12.2 Å². The zero-order valence-electron chi connectivity index (χ0n) is 21.0. The second kappa shape index (κ2) is 8.64. The fourth-order valence-corrected chi connectivity index (χ4v) is 4.59. The summed E-state index contributed by atoms with van der Waals surface area (Å²) in [5.74, 6) is 0.00770. The lowest BCUT2D eigenvalue weighted by Gasteiger charge is -2.20. The van der Waals surface area contributed by atoms with Crippen molar-refractivity contribution in [2.75, 3.05) is 0 Å². The third kappa shape index (κ3) is 4.86. The minimum absolute atomic E-state index is 0.00770. The van der Waals surface area contributed by atoms with Crippen molar-refractivity contribution in [1.29, 1.82) is 0 Å². The van der Waals surface area contributed by atoms with E-state index in [0.717, 1.165) is 4.70 Å². The summed E-state index contributed by atoms with van der Waals surface area (Å²) in [6.45, 7) is 12.6. The van der Waals surface area contributed by atoms with Crippen molar-refractivity contribution in [3.05, 3.63) is 41.3 Å². The van der Waals surface area contributed by atoms with Crippen LogP contribution in [0.4, 0.5) is 9.59 Å². The van der Waals surface area contributed by atoms with Crippen LogP contribution in [0.25, 0.3) is 32.5 Å². The highest BCUT2D eigenvalue weighted by atomic mass is 32.1. The molecule has 0 saturated carbocycles. The topological polar surface area (TPSA) is 92.4 Å². The molecule has 0 unspecified atom stereocenters. The monoisotopic (exact) mass is 495 g/mol. The van der Waals surface area contributed by atoms with Crippen LogP contribution in [0.3, 0.4) is 0 Å². The van der Waals surface area contributed by atoms with Crippen molar-refractivity contribution in [3.8, 4) is 11.4 Å². The first-order chi connectivity index (χ1) is 16.3. The number of hydrogen-bond donors (Lipinski definition) is 0. The number of nitrogens with zero attached hydrogens (tertiary/aromatic N) is 3. The van der Waals surface area contributed by atoms with Gasteiger partial charge in [-0.2, -0.15) is 9.78 Å². The predicted molar refractivity (Wildman–Crippen MR) is 136 cm³/mol. The predicted octanol–water partition coefficient (Wildman–Crippen LogP) is 6.88. The largest absolute Gasteiger partial charge is 0.443 e. The molecule has 4 aromatic rings. The molecular weight excluding hydrogens is 466 g/mol. The molecule has 184 valence electrons. The van der Waals surface area contributed by atoms with Gasteiger partial charge in [-0.3, -0.25) is 4.79 Å². The Morgan fingerprint density at radius 3 is 2.20 bits per heavy atom. The summed E-state index contributed by atoms with van der Waals surface area (Å²) in [7, 11) is 0. The molecule has 1 aromatic carbocycles. The lowest BCUT2D eigenvalue weighted by molar-refractivity contribution is 0.0520. The van der Waals surface area contributed by atoms with Crippen molar-refractivity contribution in [3.63, 3.8) is 0 Å². The molecule has 0 saturated heterocycles. The standard InChI is InChI=1S/C26H29N3O5S/c1-8-20(30)15-9-10-17-16(13-15)14-19(28(17)23(31)33-25(2,3)4)21-22-18(11-12-35-22)29(27-21)24(32)34-26(5,6)7/h9-14H,8H2,1-7H3. The van der Waals surface area contributed by atoms with Gasteiger partial charge in [-0.1, -0.05) is 6.92 Å². The summed E-state index contributed by atoms with van der Waals surface area (Å²) >= 11 is 1.41. The van der Waals surface area contributed by atoms with Gasteiger partial charge in [-0.25, -0.2) is 14.2 Å². The third-order valence-corrected chi connectivity index (χ3v) is 6.03. The third-order valence-electron chi connectivity index (χ3n) is 5.12. The van der Waals surface area contributed by atoms with E-state index in [0.29, 0.717) is 39.8 Å². The molecule has 0 N–H and O–H groups in total. The molecule has 0 aliphatic rings. The van der Waals surface area contributed by atoms with E-state index in [1.54, 1.807) is 78.8 Å². The van der Waals surface area contributed by atoms with Gasteiger partial charge in [-0.15, -0.1) is 11.3 Å². The van der Waals surface area contributed by atoms with Crippen molar-refractivity contribution < 1.29 is 23.9 Å². The number of ketones is 1.